The molecule has 8 nitrogen and oxygen atoms in total. The molecular weight excluding hydrogens is 418 g/mol. The van der Waals surface area contributed by atoms with Crippen molar-refractivity contribution in [2.45, 2.75) is 32.4 Å². The van der Waals surface area contributed by atoms with Gasteiger partial charge in [-0.3, -0.25) is 14.5 Å². The Hall–Kier alpha value is -3.65. The van der Waals surface area contributed by atoms with E-state index in [9.17, 15) is 14.7 Å². The van der Waals surface area contributed by atoms with Crippen molar-refractivity contribution in [2.75, 3.05) is 25.0 Å². The minimum absolute atomic E-state index is 0.131. The fraction of sp³-hybridized carbons (Fsp3) is 0.320. The monoisotopic (exact) mass is 447 g/mol. The van der Waals surface area contributed by atoms with Crippen LogP contribution in [-0.2, 0) is 22.6 Å². The number of aryl methyl sites for hydroxylation is 1. The highest BCUT2D eigenvalue weighted by Gasteiger charge is 2.28. The number of aromatic nitrogens is 2. The van der Waals surface area contributed by atoms with Crippen LogP contribution in [0.4, 0.5) is 5.82 Å². The van der Waals surface area contributed by atoms with Crippen molar-refractivity contribution < 1.29 is 14.7 Å². The Bertz CT molecular complexity index is 1110. The van der Waals surface area contributed by atoms with E-state index in [0.29, 0.717) is 18.8 Å². The lowest BCUT2D eigenvalue weighted by atomic mass is 10.1. The topological polar surface area (TPSA) is 99.5 Å². The minimum Gasteiger partial charge on any atom is -0.508 e. The summed E-state index contributed by atoms with van der Waals surface area (Å²) in [6.07, 6.45) is 3.16. The van der Waals surface area contributed by atoms with Crippen molar-refractivity contribution in [3.8, 4) is 5.75 Å². The lowest BCUT2D eigenvalue weighted by Crippen LogP contribution is -2.37. The van der Waals surface area contributed by atoms with Gasteiger partial charge in [-0.1, -0.05) is 42.5 Å². The molecule has 33 heavy (non-hydrogen) atoms. The molecule has 3 aromatic rings. The maximum absolute atomic E-state index is 12.5. The summed E-state index contributed by atoms with van der Waals surface area (Å²) in [6.45, 7) is 4.82. The van der Waals surface area contributed by atoms with Gasteiger partial charge in [0.1, 0.15) is 11.6 Å². The predicted molar refractivity (Wildman–Crippen MR) is 126 cm³/mol. The molecule has 2 heterocycles. The van der Waals surface area contributed by atoms with Gasteiger partial charge in [-0.25, -0.2) is 4.68 Å². The van der Waals surface area contributed by atoms with Crippen molar-refractivity contribution in [3.63, 3.8) is 0 Å². The summed E-state index contributed by atoms with van der Waals surface area (Å²) >= 11 is 0. The van der Waals surface area contributed by atoms with Crippen LogP contribution in [0.1, 0.15) is 29.2 Å². The fourth-order valence-corrected chi connectivity index (χ4v) is 4.16. The van der Waals surface area contributed by atoms with E-state index in [-0.39, 0.29) is 11.8 Å². The van der Waals surface area contributed by atoms with E-state index < -0.39 is 11.8 Å². The molecule has 3 N–H and O–H groups in total. The summed E-state index contributed by atoms with van der Waals surface area (Å²) in [5.74, 6) is -0.668. The lowest BCUT2D eigenvalue weighted by molar-refractivity contribution is -0.136. The number of carbonyl (C=O) groups is 2. The van der Waals surface area contributed by atoms with Crippen molar-refractivity contribution in [1.82, 2.24) is 20.0 Å². The van der Waals surface area contributed by atoms with Crippen LogP contribution in [0, 0.1) is 6.92 Å². The largest absolute Gasteiger partial charge is 0.508 e. The summed E-state index contributed by atoms with van der Waals surface area (Å²) in [4.78, 5) is 27.2. The van der Waals surface area contributed by atoms with E-state index in [1.165, 1.54) is 5.56 Å². The number of aromatic hydroxyl groups is 1. The summed E-state index contributed by atoms with van der Waals surface area (Å²) < 4.78 is 1.83. The second-order valence-corrected chi connectivity index (χ2v) is 8.41. The zero-order valence-electron chi connectivity index (χ0n) is 18.7. The third-order valence-corrected chi connectivity index (χ3v) is 5.87. The fourth-order valence-electron chi connectivity index (χ4n) is 4.16. The Morgan fingerprint density at radius 3 is 2.67 bits per heavy atom. The zero-order chi connectivity index (χ0) is 23.2. The van der Waals surface area contributed by atoms with Gasteiger partial charge in [0.05, 0.1) is 12.2 Å². The number of nitrogens with one attached hydrogen (secondary N) is 2. The molecule has 172 valence electrons. The van der Waals surface area contributed by atoms with Crippen LogP contribution in [-0.4, -0.2) is 51.2 Å². The number of phenolic OH excluding ortho intramolecular Hbond substituents is 1. The number of hydrogen-bond donors (Lipinski definition) is 3. The SMILES string of the molecule is Cc1cnn([C@@H]2CCN(Cc3ccccc3)C2)c1NC(=O)C(=O)NCCc1cccc(O)c1. The molecule has 0 spiro atoms. The highest BCUT2D eigenvalue weighted by Crippen LogP contribution is 2.27. The number of likely N-dealkylation sites (tertiary alicyclic amines) is 1. The van der Waals surface area contributed by atoms with Gasteiger partial charge in [0.2, 0.25) is 0 Å². The minimum atomic E-state index is -0.713. The lowest BCUT2D eigenvalue weighted by Gasteiger charge is -2.18. The maximum Gasteiger partial charge on any atom is 0.314 e. The molecule has 2 aromatic carbocycles. The molecule has 4 rings (SSSR count). The summed E-state index contributed by atoms with van der Waals surface area (Å²) in [6, 6.07) is 17.3. The van der Waals surface area contributed by atoms with E-state index in [0.717, 1.165) is 37.2 Å². The van der Waals surface area contributed by atoms with E-state index in [2.05, 4.69) is 32.8 Å². The Morgan fingerprint density at radius 2 is 1.88 bits per heavy atom. The van der Waals surface area contributed by atoms with Gasteiger partial charge in [0.25, 0.3) is 0 Å². The second-order valence-electron chi connectivity index (χ2n) is 8.41. The first-order valence-corrected chi connectivity index (χ1v) is 11.2. The molecule has 8 heteroatoms. The highest BCUT2D eigenvalue weighted by atomic mass is 16.3. The van der Waals surface area contributed by atoms with Gasteiger partial charge in [-0.05, 0) is 43.0 Å². The van der Waals surface area contributed by atoms with Gasteiger partial charge < -0.3 is 15.7 Å². The molecule has 1 aromatic heterocycles. The molecule has 1 fully saturated rings. The third kappa shape index (κ3) is 5.78. The van der Waals surface area contributed by atoms with Crippen LogP contribution in [0.3, 0.4) is 0 Å². The Balaban J connectivity index is 1.32. The first-order chi connectivity index (χ1) is 16.0. The van der Waals surface area contributed by atoms with E-state index in [1.807, 2.05) is 35.9 Å². The molecule has 0 bridgehead atoms. The van der Waals surface area contributed by atoms with E-state index in [4.69, 9.17) is 0 Å². The number of rotatable bonds is 7. The first-order valence-electron chi connectivity index (χ1n) is 11.2. The number of nitrogens with zero attached hydrogens (tertiary/aromatic N) is 3. The number of phenols is 1. The van der Waals surface area contributed by atoms with Crippen LogP contribution in [0.5, 0.6) is 5.75 Å². The van der Waals surface area contributed by atoms with Gasteiger partial charge >= 0.3 is 11.8 Å². The Labute approximate surface area is 193 Å². The number of carbonyl (C=O) groups excluding carboxylic acids is 2. The Morgan fingerprint density at radius 1 is 1.09 bits per heavy atom. The number of hydrogen-bond acceptors (Lipinski definition) is 5. The van der Waals surface area contributed by atoms with Crippen LogP contribution in [0.2, 0.25) is 0 Å². The van der Waals surface area contributed by atoms with Crippen LogP contribution < -0.4 is 10.6 Å². The van der Waals surface area contributed by atoms with Crippen molar-refractivity contribution in [3.05, 3.63) is 77.5 Å². The number of amides is 2. The first kappa shape index (κ1) is 22.5. The average molecular weight is 448 g/mol. The number of anilines is 1. The smallest absolute Gasteiger partial charge is 0.314 e. The molecule has 2 amide bonds. The van der Waals surface area contributed by atoms with E-state index in [1.54, 1.807) is 24.4 Å². The molecule has 1 saturated heterocycles. The average Bonchev–Trinajstić information content (AvgIpc) is 3.41. The van der Waals surface area contributed by atoms with E-state index >= 15 is 0 Å². The maximum atomic E-state index is 12.5. The summed E-state index contributed by atoms with van der Waals surface area (Å²) in [5, 5.41) is 19.4. The molecule has 0 unspecified atom stereocenters. The van der Waals surface area contributed by atoms with Gasteiger partial charge in [-0.15, -0.1) is 0 Å². The Kier molecular flexibility index (Phi) is 7.04. The summed E-state index contributed by atoms with van der Waals surface area (Å²) in [5.41, 5.74) is 2.97. The molecule has 1 aliphatic heterocycles. The number of benzene rings is 2. The third-order valence-electron chi connectivity index (χ3n) is 5.87. The highest BCUT2D eigenvalue weighted by molar-refractivity contribution is 6.39. The quantitative estimate of drug-likeness (QED) is 0.484. The normalized spacial score (nSPS) is 16.0. The van der Waals surface area contributed by atoms with Crippen molar-refractivity contribution in [2.24, 2.45) is 0 Å². The zero-order valence-corrected chi connectivity index (χ0v) is 18.7. The molecule has 0 aliphatic carbocycles. The van der Waals surface area contributed by atoms with Crippen LogP contribution in [0.25, 0.3) is 0 Å². The standard InChI is InChI=1S/C25H29N5O3/c1-18-15-27-30(21-11-13-29(17-21)16-20-6-3-2-4-7-20)23(18)28-25(33)24(32)26-12-10-19-8-5-9-22(31)14-19/h2-9,14-15,21,31H,10-13,16-17H2,1H3,(H,26,32)(H,28,33)/t21-/m1/s1. The second kappa shape index (κ2) is 10.3. The van der Waals surface area contributed by atoms with Crippen LogP contribution >= 0.6 is 0 Å². The predicted octanol–water partition coefficient (Wildman–Crippen LogP) is 2.64. The van der Waals surface area contributed by atoms with Gasteiger partial charge in [0.15, 0.2) is 0 Å². The van der Waals surface area contributed by atoms with Gasteiger partial charge in [0, 0.05) is 31.7 Å². The van der Waals surface area contributed by atoms with Crippen molar-refractivity contribution in [1.29, 1.82) is 0 Å². The molecule has 1 aliphatic rings. The molecule has 0 saturated carbocycles. The van der Waals surface area contributed by atoms with Crippen molar-refractivity contribution >= 4 is 17.6 Å². The van der Waals surface area contributed by atoms with Gasteiger partial charge in [-0.2, -0.15) is 5.10 Å². The molecule has 0 radical (unpaired) electrons. The molecular formula is C25H29N5O3. The molecule has 1 atom stereocenters. The van der Waals surface area contributed by atoms with Crippen LogP contribution in [0.15, 0.2) is 60.8 Å². The summed E-state index contributed by atoms with van der Waals surface area (Å²) in [7, 11) is 0.